The van der Waals surface area contributed by atoms with E-state index in [1.165, 1.54) is 0 Å². The Morgan fingerprint density at radius 1 is 1.44 bits per heavy atom. The molecule has 3 rings (SSSR count). The van der Waals surface area contributed by atoms with Gasteiger partial charge >= 0.3 is 6.03 Å². The molecule has 0 saturated carbocycles. The SMILES string of the molecule is CCOc1cc(NC(=O)N2CCCC(c3ncc[nH]3)C2)ccc1OC. The summed E-state index contributed by atoms with van der Waals surface area (Å²) in [6, 6.07) is 5.29. The Morgan fingerprint density at radius 2 is 2.32 bits per heavy atom. The Morgan fingerprint density at radius 3 is 3.04 bits per heavy atom. The van der Waals surface area contributed by atoms with Gasteiger partial charge in [-0.25, -0.2) is 9.78 Å². The maximum Gasteiger partial charge on any atom is 0.321 e. The Hall–Kier alpha value is -2.70. The monoisotopic (exact) mass is 344 g/mol. The van der Waals surface area contributed by atoms with Crippen molar-refractivity contribution in [1.82, 2.24) is 14.9 Å². The summed E-state index contributed by atoms with van der Waals surface area (Å²) in [6.45, 7) is 3.85. The number of H-pyrrole nitrogens is 1. The molecule has 1 atom stereocenters. The van der Waals surface area contributed by atoms with Gasteiger partial charge in [-0.2, -0.15) is 0 Å². The number of amides is 2. The Balaban J connectivity index is 1.66. The predicted octanol–water partition coefficient (Wildman–Crippen LogP) is 3.23. The first-order valence-electron chi connectivity index (χ1n) is 8.57. The summed E-state index contributed by atoms with van der Waals surface area (Å²) in [4.78, 5) is 21.9. The zero-order valence-electron chi connectivity index (χ0n) is 14.6. The summed E-state index contributed by atoms with van der Waals surface area (Å²) in [7, 11) is 1.60. The van der Waals surface area contributed by atoms with E-state index in [0.717, 1.165) is 25.2 Å². The van der Waals surface area contributed by atoms with Crippen molar-refractivity contribution in [3.63, 3.8) is 0 Å². The van der Waals surface area contributed by atoms with Gasteiger partial charge in [-0.1, -0.05) is 0 Å². The van der Waals surface area contributed by atoms with Crippen molar-refractivity contribution < 1.29 is 14.3 Å². The molecule has 2 aromatic rings. The lowest BCUT2D eigenvalue weighted by molar-refractivity contribution is 0.191. The van der Waals surface area contributed by atoms with E-state index in [0.29, 0.717) is 30.3 Å². The van der Waals surface area contributed by atoms with Crippen molar-refractivity contribution in [2.24, 2.45) is 0 Å². The van der Waals surface area contributed by atoms with Gasteiger partial charge in [0.15, 0.2) is 11.5 Å². The number of hydrogen-bond donors (Lipinski definition) is 2. The fourth-order valence-corrected chi connectivity index (χ4v) is 3.11. The first-order valence-corrected chi connectivity index (χ1v) is 8.57. The molecule has 2 N–H and O–H groups in total. The van der Waals surface area contributed by atoms with Crippen LogP contribution in [0, 0.1) is 0 Å². The van der Waals surface area contributed by atoms with Gasteiger partial charge in [0.05, 0.1) is 13.7 Å². The number of benzene rings is 1. The van der Waals surface area contributed by atoms with Crippen LogP contribution in [0.1, 0.15) is 31.5 Å². The van der Waals surface area contributed by atoms with E-state index >= 15 is 0 Å². The first-order chi connectivity index (χ1) is 12.2. The van der Waals surface area contributed by atoms with Crippen LogP contribution in [0.5, 0.6) is 11.5 Å². The summed E-state index contributed by atoms with van der Waals surface area (Å²) in [6.07, 6.45) is 5.57. The highest BCUT2D eigenvalue weighted by Gasteiger charge is 2.26. The maximum atomic E-state index is 12.6. The van der Waals surface area contributed by atoms with Crippen LogP contribution in [0.4, 0.5) is 10.5 Å². The van der Waals surface area contributed by atoms with E-state index in [9.17, 15) is 4.79 Å². The summed E-state index contributed by atoms with van der Waals surface area (Å²) in [5.41, 5.74) is 0.689. The Kier molecular flexibility index (Phi) is 5.42. The second-order valence-corrected chi connectivity index (χ2v) is 5.99. The van der Waals surface area contributed by atoms with E-state index in [-0.39, 0.29) is 11.9 Å². The Bertz CT molecular complexity index is 702. The smallest absolute Gasteiger partial charge is 0.321 e. The number of piperidine rings is 1. The van der Waals surface area contributed by atoms with Gasteiger partial charge in [-0.05, 0) is 31.9 Å². The third kappa shape index (κ3) is 4.04. The number of nitrogens with zero attached hydrogens (tertiary/aromatic N) is 2. The minimum Gasteiger partial charge on any atom is -0.493 e. The Labute approximate surface area is 147 Å². The first kappa shape index (κ1) is 17.1. The molecule has 7 nitrogen and oxygen atoms in total. The van der Waals surface area contributed by atoms with Crippen LogP contribution in [0.2, 0.25) is 0 Å². The summed E-state index contributed by atoms with van der Waals surface area (Å²) in [5.74, 6) is 2.47. The molecule has 0 aliphatic carbocycles. The summed E-state index contributed by atoms with van der Waals surface area (Å²) >= 11 is 0. The molecule has 1 aromatic heterocycles. The zero-order chi connectivity index (χ0) is 17.6. The van der Waals surface area contributed by atoms with Gasteiger partial charge in [0.2, 0.25) is 0 Å². The second kappa shape index (κ2) is 7.92. The van der Waals surface area contributed by atoms with E-state index in [4.69, 9.17) is 9.47 Å². The van der Waals surface area contributed by atoms with Gasteiger partial charge in [0.1, 0.15) is 5.82 Å². The normalized spacial score (nSPS) is 17.2. The van der Waals surface area contributed by atoms with Gasteiger partial charge in [-0.3, -0.25) is 0 Å². The molecular formula is C18H24N4O3. The van der Waals surface area contributed by atoms with Crippen molar-refractivity contribution >= 4 is 11.7 Å². The maximum absolute atomic E-state index is 12.6. The molecular weight excluding hydrogens is 320 g/mol. The molecule has 0 bridgehead atoms. The van der Waals surface area contributed by atoms with Gasteiger partial charge in [0.25, 0.3) is 0 Å². The van der Waals surface area contributed by atoms with Gasteiger partial charge in [-0.15, -0.1) is 0 Å². The van der Waals surface area contributed by atoms with E-state index < -0.39 is 0 Å². The van der Waals surface area contributed by atoms with E-state index in [1.54, 1.807) is 25.4 Å². The largest absolute Gasteiger partial charge is 0.493 e. The third-order valence-electron chi connectivity index (χ3n) is 4.33. The fraction of sp³-hybridized carbons (Fsp3) is 0.444. The number of aromatic amines is 1. The molecule has 1 unspecified atom stereocenters. The van der Waals surface area contributed by atoms with Crippen molar-refractivity contribution in [3.8, 4) is 11.5 Å². The molecule has 1 aromatic carbocycles. The molecule has 1 aliphatic heterocycles. The number of likely N-dealkylation sites (tertiary alicyclic amines) is 1. The predicted molar refractivity (Wildman–Crippen MR) is 95.3 cm³/mol. The molecule has 0 spiro atoms. The molecule has 7 heteroatoms. The minimum absolute atomic E-state index is 0.108. The zero-order valence-corrected chi connectivity index (χ0v) is 14.6. The van der Waals surface area contributed by atoms with Crippen LogP contribution in [0.15, 0.2) is 30.6 Å². The highest BCUT2D eigenvalue weighted by molar-refractivity contribution is 5.89. The number of urea groups is 1. The number of anilines is 1. The van der Waals surface area contributed by atoms with Crippen molar-refractivity contribution in [1.29, 1.82) is 0 Å². The van der Waals surface area contributed by atoms with Crippen LogP contribution < -0.4 is 14.8 Å². The minimum atomic E-state index is -0.108. The van der Waals surface area contributed by atoms with Crippen LogP contribution in [0.3, 0.4) is 0 Å². The number of rotatable bonds is 5. The third-order valence-corrected chi connectivity index (χ3v) is 4.33. The van der Waals surface area contributed by atoms with Gasteiger partial charge < -0.3 is 24.7 Å². The van der Waals surface area contributed by atoms with Crippen LogP contribution in [0.25, 0.3) is 0 Å². The molecule has 1 saturated heterocycles. The molecule has 25 heavy (non-hydrogen) atoms. The molecule has 134 valence electrons. The van der Waals surface area contributed by atoms with Crippen molar-refractivity contribution in [3.05, 3.63) is 36.4 Å². The number of methoxy groups -OCH3 is 1. The van der Waals surface area contributed by atoms with Crippen molar-refractivity contribution in [2.75, 3.05) is 32.1 Å². The summed E-state index contributed by atoms with van der Waals surface area (Å²) < 4.78 is 10.8. The molecule has 1 fully saturated rings. The van der Waals surface area contributed by atoms with Gasteiger partial charge in [0, 0.05) is 43.2 Å². The average Bonchev–Trinajstić information content (AvgIpc) is 3.17. The quantitative estimate of drug-likeness (QED) is 0.873. The number of imidazole rings is 1. The number of carbonyl (C=O) groups is 1. The fourth-order valence-electron chi connectivity index (χ4n) is 3.11. The lowest BCUT2D eigenvalue weighted by Crippen LogP contribution is -2.41. The highest BCUT2D eigenvalue weighted by atomic mass is 16.5. The summed E-state index contributed by atoms with van der Waals surface area (Å²) in [5, 5.41) is 2.95. The molecule has 1 aliphatic rings. The number of aromatic nitrogens is 2. The second-order valence-electron chi connectivity index (χ2n) is 5.99. The number of carbonyl (C=O) groups excluding carboxylic acids is 1. The lowest BCUT2D eigenvalue weighted by atomic mass is 9.98. The molecule has 2 heterocycles. The van der Waals surface area contributed by atoms with E-state index in [1.807, 2.05) is 24.1 Å². The number of ether oxygens (including phenoxy) is 2. The standard InChI is InChI=1S/C18H24N4O3/c1-3-25-16-11-14(6-7-15(16)24-2)21-18(23)22-10-4-5-13(12-22)17-19-8-9-20-17/h6-9,11,13H,3-5,10,12H2,1-2H3,(H,19,20)(H,21,23). The van der Waals surface area contributed by atoms with Crippen molar-refractivity contribution in [2.45, 2.75) is 25.7 Å². The number of nitrogens with one attached hydrogen (secondary N) is 2. The van der Waals surface area contributed by atoms with Crippen LogP contribution in [-0.2, 0) is 0 Å². The average molecular weight is 344 g/mol. The van der Waals surface area contributed by atoms with Crippen LogP contribution >= 0.6 is 0 Å². The highest BCUT2D eigenvalue weighted by Crippen LogP contribution is 2.31. The number of hydrogen-bond acceptors (Lipinski definition) is 4. The molecule has 0 radical (unpaired) electrons. The molecule has 2 amide bonds. The van der Waals surface area contributed by atoms with Crippen LogP contribution in [-0.4, -0.2) is 47.7 Å². The van der Waals surface area contributed by atoms with E-state index in [2.05, 4.69) is 15.3 Å². The topological polar surface area (TPSA) is 79.5 Å². The lowest BCUT2D eigenvalue weighted by Gasteiger charge is -2.31.